The van der Waals surface area contributed by atoms with E-state index in [1.807, 2.05) is 37.8 Å². The summed E-state index contributed by atoms with van der Waals surface area (Å²) in [7, 11) is 0. The Morgan fingerprint density at radius 1 is 1.26 bits per heavy atom. The number of nitrogens with one attached hydrogen (secondary N) is 1. The zero-order valence-corrected chi connectivity index (χ0v) is 20.8. The number of alkyl halides is 3. The van der Waals surface area contributed by atoms with Gasteiger partial charge in [-0.25, -0.2) is 0 Å². The van der Waals surface area contributed by atoms with Gasteiger partial charge < -0.3 is 15.0 Å². The number of allylic oxidation sites excluding steroid dienone is 1. The Bertz CT molecular complexity index is 1000. The summed E-state index contributed by atoms with van der Waals surface area (Å²) in [6.07, 6.45) is -1.43. The molecular weight excluding hydrogens is 453 g/mol. The van der Waals surface area contributed by atoms with E-state index < -0.39 is 18.2 Å². The summed E-state index contributed by atoms with van der Waals surface area (Å²) < 4.78 is 43.4. The van der Waals surface area contributed by atoms with Gasteiger partial charge in [0.15, 0.2) is 0 Å². The number of halogens is 3. The fourth-order valence-electron chi connectivity index (χ4n) is 4.51. The van der Waals surface area contributed by atoms with Crippen molar-refractivity contribution in [3.63, 3.8) is 0 Å². The van der Waals surface area contributed by atoms with E-state index in [1.54, 1.807) is 0 Å². The number of nitrogens with zero attached hydrogens (tertiary/aromatic N) is 1. The largest absolute Gasteiger partial charge is 0.491 e. The van der Waals surface area contributed by atoms with Crippen molar-refractivity contribution >= 4 is 5.91 Å². The third kappa shape index (κ3) is 7.90. The molecule has 2 atom stereocenters. The predicted octanol–water partition coefficient (Wildman–Crippen LogP) is 5.79. The van der Waals surface area contributed by atoms with Crippen LogP contribution >= 0.6 is 0 Å². The molecule has 0 bridgehead atoms. The van der Waals surface area contributed by atoms with Gasteiger partial charge in [-0.15, -0.1) is 0 Å². The lowest BCUT2D eigenvalue weighted by atomic mass is 9.98. The van der Waals surface area contributed by atoms with Crippen LogP contribution < -0.4 is 10.1 Å². The van der Waals surface area contributed by atoms with Crippen LogP contribution in [0.3, 0.4) is 0 Å². The quantitative estimate of drug-likeness (QED) is 0.390. The molecule has 4 nitrogen and oxygen atoms in total. The number of carbonyl (C=O) groups excluding carboxylic acids is 1. The summed E-state index contributed by atoms with van der Waals surface area (Å²) in [6.45, 7) is 10.8. The summed E-state index contributed by atoms with van der Waals surface area (Å²) in [5.41, 5.74) is 2.13. The van der Waals surface area contributed by atoms with Gasteiger partial charge in [-0.3, -0.25) is 4.79 Å². The summed E-state index contributed by atoms with van der Waals surface area (Å²) in [5.74, 6) is 6.49. The minimum absolute atomic E-state index is 0.00450. The van der Waals surface area contributed by atoms with Crippen molar-refractivity contribution in [1.82, 2.24) is 10.2 Å². The SMILES string of the molecule is C=C(CC#CC1=C(C)CN(C(=O)[C@H]2CC[C@@H](NCc3ccc(OC(C)C)cc3)C2)CC1)C(F)(F)F. The second kappa shape index (κ2) is 11.8. The number of benzene rings is 1. The third-order valence-electron chi connectivity index (χ3n) is 6.50. The van der Waals surface area contributed by atoms with Crippen LogP contribution in [0.25, 0.3) is 0 Å². The molecule has 1 fully saturated rings. The fourth-order valence-corrected chi connectivity index (χ4v) is 4.51. The molecule has 0 aromatic heterocycles. The molecule has 1 saturated carbocycles. The van der Waals surface area contributed by atoms with Crippen molar-refractivity contribution in [2.75, 3.05) is 13.1 Å². The number of ether oxygens (including phenoxy) is 1. The maximum atomic E-state index is 13.1. The smallest absolute Gasteiger partial charge is 0.413 e. The number of amides is 1. The van der Waals surface area contributed by atoms with Crippen LogP contribution in [0.2, 0.25) is 0 Å². The van der Waals surface area contributed by atoms with E-state index in [0.717, 1.165) is 42.7 Å². The normalized spacial score (nSPS) is 20.6. The van der Waals surface area contributed by atoms with Crippen LogP contribution in [-0.2, 0) is 11.3 Å². The number of hydrogen-bond acceptors (Lipinski definition) is 3. The van der Waals surface area contributed by atoms with Crippen LogP contribution in [-0.4, -0.2) is 42.2 Å². The third-order valence-corrected chi connectivity index (χ3v) is 6.50. The van der Waals surface area contributed by atoms with Gasteiger partial charge in [-0.05, 0) is 69.7 Å². The molecule has 3 rings (SSSR count). The Balaban J connectivity index is 1.46. The van der Waals surface area contributed by atoms with Crippen molar-refractivity contribution in [2.24, 2.45) is 5.92 Å². The van der Waals surface area contributed by atoms with Crippen molar-refractivity contribution in [3.8, 4) is 17.6 Å². The number of hydrogen-bond donors (Lipinski definition) is 1. The summed E-state index contributed by atoms with van der Waals surface area (Å²) in [4.78, 5) is 15.0. The van der Waals surface area contributed by atoms with E-state index in [2.05, 4.69) is 35.9 Å². The lowest BCUT2D eigenvalue weighted by molar-refractivity contribution is -0.135. The van der Waals surface area contributed by atoms with E-state index in [1.165, 1.54) is 5.56 Å². The van der Waals surface area contributed by atoms with E-state index in [9.17, 15) is 18.0 Å². The molecule has 190 valence electrons. The van der Waals surface area contributed by atoms with Gasteiger partial charge in [0.1, 0.15) is 5.75 Å². The van der Waals surface area contributed by atoms with E-state index in [-0.39, 0.29) is 17.9 Å². The standard InChI is InChI=1S/C28H35F3N2O2/c1-19(2)35-26-12-8-22(9-13-26)17-32-25-11-10-24(16-25)27(34)33-15-14-23(20(3)18-33)7-5-6-21(4)28(29,30)31/h8-9,12-13,19,24-25,32H,4,6,10-11,14-18H2,1-3H3/t24-,25+/m0/s1. The van der Waals surface area contributed by atoms with Gasteiger partial charge in [0, 0.05) is 49.2 Å². The highest BCUT2D eigenvalue weighted by Gasteiger charge is 2.34. The number of rotatable bonds is 7. The molecule has 1 heterocycles. The Morgan fingerprint density at radius 2 is 1.97 bits per heavy atom. The molecular formula is C28H35F3N2O2. The highest BCUT2D eigenvalue weighted by atomic mass is 19.4. The predicted molar refractivity (Wildman–Crippen MR) is 132 cm³/mol. The van der Waals surface area contributed by atoms with Gasteiger partial charge in [0.2, 0.25) is 5.91 Å². The van der Waals surface area contributed by atoms with E-state index in [0.29, 0.717) is 25.6 Å². The molecule has 7 heteroatoms. The fraction of sp³-hybridized carbons (Fsp3) is 0.536. The molecule has 0 radical (unpaired) electrons. The lowest BCUT2D eigenvalue weighted by Crippen LogP contribution is -2.40. The van der Waals surface area contributed by atoms with Crippen molar-refractivity contribution < 1.29 is 22.7 Å². The molecule has 35 heavy (non-hydrogen) atoms. The zero-order chi connectivity index (χ0) is 25.6. The van der Waals surface area contributed by atoms with E-state index in [4.69, 9.17) is 4.74 Å². The van der Waals surface area contributed by atoms with E-state index >= 15 is 0 Å². The van der Waals surface area contributed by atoms with Crippen LogP contribution in [0.15, 0.2) is 47.6 Å². The second-order valence-electron chi connectivity index (χ2n) is 9.75. The van der Waals surface area contributed by atoms with Crippen LogP contribution in [0.5, 0.6) is 5.75 Å². The lowest BCUT2D eigenvalue weighted by Gasteiger charge is -2.30. The molecule has 2 aliphatic rings. The number of carbonyl (C=O) groups is 1. The summed E-state index contributed by atoms with van der Waals surface area (Å²) in [6, 6.07) is 8.39. The Morgan fingerprint density at radius 3 is 2.60 bits per heavy atom. The van der Waals surface area contributed by atoms with Crippen LogP contribution in [0.4, 0.5) is 13.2 Å². The minimum atomic E-state index is -4.41. The molecule has 1 aliphatic carbocycles. The maximum absolute atomic E-state index is 13.1. The zero-order valence-electron chi connectivity index (χ0n) is 20.8. The Kier molecular flexibility index (Phi) is 9.07. The van der Waals surface area contributed by atoms with Gasteiger partial charge in [-0.1, -0.05) is 30.6 Å². The second-order valence-corrected chi connectivity index (χ2v) is 9.75. The molecule has 1 aromatic rings. The first-order valence-corrected chi connectivity index (χ1v) is 12.2. The molecule has 0 saturated heterocycles. The highest BCUT2D eigenvalue weighted by molar-refractivity contribution is 5.80. The molecule has 1 aliphatic heterocycles. The molecule has 1 aromatic carbocycles. The van der Waals surface area contributed by atoms with Gasteiger partial charge >= 0.3 is 6.18 Å². The molecule has 0 unspecified atom stereocenters. The summed E-state index contributed by atoms with van der Waals surface area (Å²) >= 11 is 0. The molecule has 1 amide bonds. The minimum Gasteiger partial charge on any atom is -0.491 e. The van der Waals surface area contributed by atoms with Crippen molar-refractivity contribution in [2.45, 2.75) is 77.7 Å². The molecule has 1 N–H and O–H groups in total. The first-order chi connectivity index (χ1) is 16.5. The van der Waals surface area contributed by atoms with Gasteiger partial charge in [0.25, 0.3) is 0 Å². The average Bonchev–Trinajstić information content (AvgIpc) is 3.27. The monoisotopic (exact) mass is 488 g/mol. The Hall–Kier alpha value is -2.72. The first kappa shape index (κ1) is 26.9. The average molecular weight is 489 g/mol. The maximum Gasteiger partial charge on any atom is 0.413 e. The first-order valence-electron chi connectivity index (χ1n) is 12.2. The topological polar surface area (TPSA) is 41.6 Å². The van der Waals surface area contributed by atoms with Crippen LogP contribution in [0.1, 0.15) is 58.4 Å². The molecule has 0 spiro atoms. The highest BCUT2D eigenvalue weighted by Crippen LogP contribution is 2.30. The van der Waals surface area contributed by atoms with Gasteiger partial charge in [0.05, 0.1) is 6.10 Å². The Labute approximate surface area is 206 Å². The van der Waals surface area contributed by atoms with Crippen molar-refractivity contribution in [1.29, 1.82) is 0 Å². The van der Waals surface area contributed by atoms with Gasteiger partial charge in [-0.2, -0.15) is 13.2 Å². The van der Waals surface area contributed by atoms with Crippen molar-refractivity contribution in [3.05, 3.63) is 53.1 Å². The van der Waals surface area contributed by atoms with Crippen LogP contribution in [0, 0.1) is 17.8 Å². The summed E-state index contributed by atoms with van der Waals surface area (Å²) in [5, 5.41) is 3.58.